The Morgan fingerprint density at radius 1 is 1.16 bits per heavy atom. The van der Waals surface area contributed by atoms with Gasteiger partial charge in [-0.25, -0.2) is 4.68 Å². The molecule has 9 nitrogen and oxygen atoms in total. The van der Waals surface area contributed by atoms with Crippen LogP contribution in [0.5, 0.6) is 0 Å². The zero-order valence-electron chi connectivity index (χ0n) is 25.6. The van der Waals surface area contributed by atoms with Crippen LogP contribution >= 0.6 is 11.6 Å². The zero-order chi connectivity index (χ0) is 30.5. The summed E-state index contributed by atoms with van der Waals surface area (Å²) in [5, 5.41) is 28.1. The lowest BCUT2D eigenvalue weighted by molar-refractivity contribution is 0.0760. The molecule has 3 atom stereocenters. The normalized spacial score (nSPS) is 23.1. The van der Waals surface area contributed by atoms with Crippen LogP contribution in [0.25, 0.3) is 10.9 Å². The minimum atomic E-state index is -0.255. The number of hydrogen-bond donors (Lipinski definition) is 2. The van der Waals surface area contributed by atoms with Crippen LogP contribution in [0.1, 0.15) is 81.8 Å². The molecule has 1 aliphatic carbocycles. The molecule has 228 valence electrons. The highest BCUT2D eigenvalue weighted by atomic mass is 35.5. The molecule has 44 heavy (non-hydrogen) atoms. The first-order valence-electron chi connectivity index (χ1n) is 15.6. The van der Waals surface area contributed by atoms with Crippen LogP contribution in [0.3, 0.4) is 0 Å². The smallest absolute Gasteiger partial charge is 0.109 e. The van der Waals surface area contributed by atoms with E-state index in [4.69, 9.17) is 16.3 Å². The van der Waals surface area contributed by atoms with E-state index in [1.807, 2.05) is 35.0 Å². The fourth-order valence-corrected chi connectivity index (χ4v) is 7.18. The molecule has 4 heterocycles. The van der Waals surface area contributed by atoms with Crippen molar-refractivity contribution in [1.29, 1.82) is 5.26 Å². The van der Waals surface area contributed by atoms with E-state index in [0.29, 0.717) is 22.1 Å². The van der Waals surface area contributed by atoms with Crippen LogP contribution in [0.15, 0.2) is 54.9 Å². The molecule has 2 aromatic heterocycles. The van der Waals surface area contributed by atoms with E-state index in [1.165, 1.54) is 0 Å². The van der Waals surface area contributed by atoms with E-state index in [0.717, 1.165) is 79.8 Å². The van der Waals surface area contributed by atoms with E-state index in [1.54, 1.807) is 6.20 Å². The van der Waals surface area contributed by atoms with Crippen LogP contribution in [0.4, 0.5) is 11.4 Å². The van der Waals surface area contributed by atoms with Crippen molar-refractivity contribution in [3.8, 4) is 6.07 Å². The van der Waals surface area contributed by atoms with Crippen molar-refractivity contribution >= 4 is 33.9 Å². The van der Waals surface area contributed by atoms with Gasteiger partial charge in [0.05, 0.1) is 51.7 Å². The average molecular weight is 611 g/mol. The highest BCUT2D eigenvalue weighted by Gasteiger charge is 2.57. The maximum absolute atomic E-state index is 10.0. The van der Waals surface area contributed by atoms with Crippen molar-refractivity contribution in [2.24, 2.45) is 0 Å². The molecule has 0 bridgehead atoms. The van der Waals surface area contributed by atoms with Crippen molar-refractivity contribution in [2.45, 2.75) is 82.1 Å². The van der Waals surface area contributed by atoms with Crippen molar-refractivity contribution in [3.63, 3.8) is 0 Å². The molecular formula is C34H39ClN8O. The number of hydrogen-bond acceptors (Lipinski definition) is 8. The van der Waals surface area contributed by atoms with Gasteiger partial charge >= 0.3 is 0 Å². The van der Waals surface area contributed by atoms with Gasteiger partial charge in [0.15, 0.2) is 0 Å². The second-order valence-electron chi connectivity index (χ2n) is 13.5. The van der Waals surface area contributed by atoms with Crippen LogP contribution in [0.2, 0.25) is 5.02 Å². The summed E-state index contributed by atoms with van der Waals surface area (Å²) < 4.78 is 8.00. The van der Waals surface area contributed by atoms with Gasteiger partial charge in [0.1, 0.15) is 11.8 Å². The fourth-order valence-electron chi connectivity index (χ4n) is 6.91. The maximum Gasteiger partial charge on any atom is 0.109 e. The summed E-state index contributed by atoms with van der Waals surface area (Å²) in [4.78, 5) is 7.11. The number of nitrogens with zero attached hydrogens (tertiary/aromatic N) is 6. The number of aromatic nitrogens is 4. The molecule has 4 aromatic rings. The molecule has 0 spiro atoms. The molecule has 10 heteroatoms. The summed E-state index contributed by atoms with van der Waals surface area (Å²) in [6, 6.07) is 16.6. The van der Waals surface area contributed by atoms with Gasteiger partial charge in [-0.05, 0) is 64.2 Å². The number of nitriles is 1. The Kier molecular flexibility index (Phi) is 7.48. The Labute approximate surface area is 263 Å². The summed E-state index contributed by atoms with van der Waals surface area (Å²) in [5.74, 6) is 0. The largest absolute Gasteiger partial charge is 0.376 e. The van der Waals surface area contributed by atoms with Crippen molar-refractivity contribution in [2.75, 3.05) is 30.3 Å². The minimum Gasteiger partial charge on any atom is -0.376 e. The molecule has 2 aliphatic heterocycles. The third-order valence-electron chi connectivity index (χ3n) is 9.57. The molecule has 3 fully saturated rings. The second kappa shape index (κ2) is 11.3. The monoisotopic (exact) mass is 610 g/mol. The summed E-state index contributed by atoms with van der Waals surface area (Å²) >= 11 is 6.87. The number of halogens is 1. The molecular weight excluding hydrogens is 572 g/mol. The highest BCUT2D eigenvalue weighted by Crippen LogP contribution is 2.50. The predicted octanol–water partition coefficient (Wildman–Crippen LogP) is 6.72. The zero-order valence-corrected chi connectivity index (χ0v) is 26.3. The number of fused-ring (bicyclic) bond motifs is 2. The number of ether oxygens (including phenoxy) is 1. The average Bonchev–Trinajstić information content (AvgIpc) is 3.54. The Hall–Kier alpha value is -3.71. The first-order chi connectivity index (χ1) is 21.2. The van der Waals surface area contributed by atoms with Gasteiger partial charge in [0, 0.05) is 48.9 Å². The molecule has 2 aromatic carbocycles. The van der Waals surface area contributed by atoms with Gasteiger partial charge in [0.2, 0.25) is 0 Å². The quantitative estimate of drug-likeness (QED) is 0.238. The Morgan fingerprint density at radius 3 is 2.68 bits per heavy atom. The van der Waals surface area contributed by atoms with E-state index in [-0.39, 0.29) is 23.2 Å². The Balaban J connectivity index is 1.21. The lowest BCUT2D eigenvalue weighted by Gasteiger charge is -2.40. The van der Waals surface area contributed by atoms with Crippen LogP contribution in [-0.2, 0) is 4.74 Å². The van der Waals surface area contributed by atoms with Gasteiger partial charge in [-0.2, -0.15) is 5.26 Å². The highest BCUT2D eigenvalue weighted by molar-refractivity contribution is 6.35. The van der Waals surface area contributed by atoms with Gasteiger partial charge in [-0.15, -0.1) is 5.10 Å². The van der Waals surface area contributed by atoms with Gasteiger partial charge in [0.25, 0.3) is 0 Å². The molecule has 0 amide bonds. The van der Waals surface area contributed by atoms with E-state index in [2.05, 4.69) is 76.0 Å². The molecule has 1 saturated carbocycles. The lowest BCUT2D eigenvalue weighted by Crippen LogP contribution is -2.46. The minimum absolute atomic E-state index is 0.137. The molecule has 1 unspecified atom stereocenters. The van der Waals surface area contributed by atoms with Gasteiger partial charge in [-0.3, -0.25) is 9.88 Å². The van der Waals surface area contributed by atoms with Crippen LogP contribution in [-0.4, -0.2) is 61.8 Å². The number of anilines is 2. The second-order valence-corrected chi connectivity index (χ2v) is 13.9. The van der Waals surface area contributed by atoms with Crippen LogP contribution < -0.4 is 10.6 Å². The molecule has 3 aliphatic rings. The molecule has 2 saturated heterocycles. The number of likely N-dealkylation sites (tertiary alicyclic amines) is 1. The fraction of sp³-hybridized carbons (Fsp3) is 0.471. The molecule has 7 rings (SSSR count). The summed E-state index contributed by atoms with van der Waals surface area (Å²) in [6.45, 7) is 9.71. The summed E-state index contributed by atoms with van der Waals surface area (Å²) in [6.07, 6.45) is 8.90. The number of pyridine rings is 1. The Bertz CT molecular complexity index is 1700. The summed E-state index contributed by atoms with van der Waals surface area (Å²) in [5.41, 5.74) is 4.68. The molecule has 2 N–H and O–H groups in total. The van der Waals surface area contributed by atoms with Crippen LogP contribution in [0, 0.1) is 11.3 Å². The number of benzene rings is 2. The Morgan fingerprint density at radius 2 is 1.95 bits per heavy atom. The van der Waals surface area contributed by atoms with E-state index < -0.39 is 0 Å². The third kappa shape index (κ3) is 5.51. The number of nitrogens with one attached hydrogen (secondary N) is 2. The standard InChI is InChI=1S/C34H39ClN8O/c1-33(2,3)42-13-10-25(11-14-42)43-21-28(40-41-43)31(22-8-5-4-6-9-22)38-24-16-26-30(39-34-12-7-15-44-29(34)18-34)23(19-36)20-37-32(26)27(35)17-24/h4-6,8-9,16-17,20-21,25,29,31,38H,7,10-15,18H2,1-3H3,(H,37,39)/t29-,31+,34?/m1/s1. The maximum atomic E-state index is 10.0. The summed E-state index contributed by atoms with van der Waals surface area (Å²) in [7, 11) is 0. The predicted molar refractivity (Wildman–Crippen MR) is 173 cm³/mol. The first kappa shape index (κ1) is 29.0. The van der Waals surface area contributed by atoms with E-state index >= 15 is 0 Å². The van der Waals surface area contributed by atoms with E-state index in [9.17, 15) is 5.26 Å². The first-order valence-corrected chi connectivity index (χ1v) is 16.0. The SMILES string of the molecule is CC(C)(C)N1CCC(n2cc([C@@H](Nc3cc(Cl)c4ncc(C#N)c(NC56CCCO[C@@H]5C6)c4c3)c3ccccc3)nn2)CC1. The van der Waals surface area contributed by atoms with Crippen molar-refractivity contribution < 1.29 is 4.74 Å². The third-order valence-corrected chi connectivity index (χ3v) is 9.85. The molecule has 0 radical (unpaired) electrons. The van der Waals surface area contributed by atoms with Gasteiger partial charge in [-0.1, -0.05) is 47.1 Å². The van der Waals surface area contributed by atoms with Gasteiger partial charge < -0.3 is 15.4 Å². The lowest BCUT2D eigenvalue weighted by atomic mass is 9.98. The number of rotatable bonds is 7. The number of piperidine rings is 1. The van der Waals surface area contributed by atoms with Crippen molar-refractivity contribution in [3.05, 3.63) is 76.7 Å². The topological polar surface area (TPSA) is 104 Å². The van der Waals surface area contributed by atoms with Crippen molar-refractivity contribution in [1.82, 2.24) is 24.9 Å².